The second-order valence-corrected chi connectivity index (χ2v) is 7.93. The van der Waals surface area contributed by atoms with Gasteiger partial charge in [0.2, 0.25) is 5.91 Å². The third-order valence-corrected chi connectivity index (χ3v) is 5.65. The van der Waals surface area contributed by atoms with Crippen LogP contribution in [0, 0.1) is 6.92 Å². The second kappa shape index (κ2) is 8.57. The van der Waals surface area contributed by atoms with E-state index in [4.69, 9.17) is 4.74 Å². The van der Waals surface area contributed by atoms with Crippen LogP contribution in [-0.4, -0.2) is 27.5 Å². The zero-order valence-electron chi connectivity index (χ0n) is 16.8. The average molecular weight is 413 g/mol. The van der Waals surface area contributed by atoms with E-state index >= 15 is 0 Å². The monoisotopic (exact) mass is 413 g/mol. The number of thiophene rings is 1. The van der Waals surface area contributed by atoms with Gasteiger partial charge < -0.3 is 10.1 Å². The fourth-order valence-corrected chi connectivity index (χ4v) is 4.10. The normalized spacial score (nSPS) is 12.2. The first-order valence-electron chi connectivity index (χ1n) is 9.40. The molecule has 7 nitrogen and oxygen atoms in total. The molecular weight excluding hydrogens is 390 g/mol. The van der Waals surface area contributed by atoms with Crippen molar-refractivity contribution in [2.24, 2.45) is 0 Å². The Balaban J connectivity index is 1.99. The zero-order valence-corrected chi connectivity index (χ0v) is 17.6. The number of hydrogen-bond donors (Lipinski definition) is 1. The van der Waals surface area contributed by atoms with Crippen molar-refractivity contribution in [1.29, 1.82) is 0 Å². The number of nitrogens with zero attached hydrogens (tertiary/aromatic N) is 2. The van der Waals surface area contributed by atoms with Crippen molar-refractivity contribution in [2.45, 2.75) is 46.3 Å². The van der Waals surface area contributed by atoms with Crippen LogP contribution in [0.2, 0.25) is 0 Å². The fraction of sp³-hybridized carbons (Fsp3) is 0.333. The maximum Gasteiger partial charge on any atom is 0.348 e. The van der Waals surface area contributed by atoms with E-state index < -0.39 is 12.0 Å². The van der Waals surface area contributed by atoms with Gasteiger partial charge in [-0.2, -0.15) is 0 Å². The lowest BCUT2D eigenvalue weighted by Gasteiger charge is -2.17. The molecule has 0 radical (unpaired) electrons. The Morgan fingerprint density at radius 1 is 1.24 bits per heavy atom. The highest BCUT2D eigenvalue weighted by Gasteiger charge is 2.25. The maximum atomic E-state index is 13.2. The van der Waals surface area contributed by atoms with Gasteiger partial charge in [-0.3, -0.25) is 14.2 Å². The van der Waals surface area contributed by atoms with E-state index in [9.17, 15) is 14.4 Å². The SMILES string of the molecule is CCC(C(=O)Nc1ccccc1)n1cnc2sc(C(=O)OC(C)C)c(C)c2c1=O. The molecule has 0 aliphatic carbocycles. The van der Waals surface area contributed by atoms with Crippen molar-refractivity contribution in [1.82, 2.24) is 9.55 Å². The number of nitrogens with one attached hydrogen (secondary N) is 1. The number of para-hydroxylation sites is 1. The van der Waals surface area contributed by atoms with E-state index in [1.54, 1.807) is 32.9 Å². The van der Waals surface area contributed by atoms with Gasteiger partial charge in [-0.1, -0.05) is 25.1 Å². The quantitative estimate of drug-likeness (QED) is 0.619. The second-order valence-electron chi connectivity index (χ2n) is 6.93. The number of esters is 1. The molecule has 1 amide bonds. The number of carbonyl (C=O) groups is 2. The summed E-state index contributed by atoms with van der Waals surface area (Å²) in [5.74, 6) is -0.769. The molecule has 152 valence electrons. The Bertz CT molecular complexity index is 1100. The van der Waals surface area contributed by atoms with Gasteiger partial charge in [0.25, 0.3) is 5.56 Å². The Labute approximate surface area is 172 Å². The van der Waals surface area contributed by atoms with Crippen LogP contribution < -0.4 is 10.9 Å². The van der Waals surface area contributed by atoms with Crippen LogP contribution in [0.4, 0.5) is 5.69 Å². The molecule has 0 aliphatic rings. The first kappa shape index (κ1) is 20.7. The molecule has 2 heterocycles. The van der Waals surface area contributed by atoms with Crippen molar-refractivity contribution in [2.75, 3.05) is 5.32 Å². The summed E-state index contributed by atoms with van der Waals surface area (Å²) in [5.41, 5.74) is 0.840. The summed E-state index contributed by atoms with van der Waals surface area (Å²) in [7, 11) is 0. The van der Waals surface area contributed by atoms with Crippen LogP contribution in [0.15, 0.2) is 41.5 Å². The van der Waals surface area contributed by atoms with Gasteiger partial charge in [0.05, 0.1) is 17.8 Å². The number of carbonyl (C=O) groups excluding carboxylic acids is 2. The van der Waals surface area contributed by atoms with E-state index in [-0.39, 0.29) is 17.6 Å². The minimum absolute atomic E-state index is 0.261. The molecular formula is C21H23N3O4S. The molecule has 3 aromatic rings. The Kier molecular flexibility index (Phi) is 6.12. The molecule has 1 aromatic carbocycles. The lowest BCUT2D eigenvalue weighted by atomic mass is 10.1. The average Bonchev–Trinajstić information content (AvgIpc) is 3.02. The van der Waals surface area contributed by atoms with Crippen LogP contribution in [-0.2, 0) is 9.53 Å². The third kappa shape index (κ3) is 4.22. The molecule has 0 saturated carbocycles. The number of hydrogen-bond acceptors (Lipinski definition) is 6. The minimum Gasteiger partial charge on any atom is -0.459 e. The van der Waals surface area contributed by atoms with E-state index in [0.29, 0.717) is 32.8 Å². The van der Waals surface area contributed by atoms with Crippen LogP contribution in [0.25, 0.3) is 10.2 Å². The van der Waals surface area contributed by atoms with E-state index in [1.807, 2.05) is 25.1 Å². The Morgan fingerprint density at radius 3 is 2.55 bits per heavy atom. The lowest BCUT2D eigenvalue weighted by Crippen LogP contribution is -2.33. The summed E-state index contributed by atoms with van der Waals surface area (Å²) in [6, 6.07) is 8.35. The number of benzene rings is 1. The van der Waals surface area contributed by atoms with Crippen LogP contribution in [0.5, 0.6) is 0 Å². The maximum absolute atomic E-state index is 13.2. The van der Waals surface area contributed by atoms with E-state index in [2.05, 4.69) is 10.3 Å². The van der Waals surface area contributed by atoms with Crippen LogP contribution in [0.1, 0.15) is 48.5 Å². The molecule has 0 bridgehead atoms. The fourth-order valence-electron chi connectivity index (χ4n) is 3.08. The van der Waals surface area contributed by atoms with Crippen molar-refractivity contribution < 1.29 is 14.3 Å². The minimum atomic E-state index is -0.718. The first-order valence-corrected chi connectivity index (χ1v) is 10.2. The zero-order chi connectivity index (χ0) is 21.1. The van der Waals surface area contributed by atoms with Crippen molar-refractivity contribution in [3.8, 4) is 0 Å². The van der Waals surface area contributed by atoms with Gasteiger partial charge in [0.1, 0.15) is 15.7 Å². The molecule has 8 heteroatoms. The van der Waals surface area contributed by atoms with E-state index in [1.165, 1.54) is 10.9 Å². The predicted octanol–water partition coefficient (Wildman–Crippen LogP) is 3.92. The van der Waals surface area contributed by atoms with Crippen molar-refractivity contribution in [3.63, 3.8) is 0 Å². The highest BCUT2D eigenvalue weighted by atomic mass is 32.1. The highest BCUT2D eigenvalue weighted by Crippen LogP contribution is 2.28. The number of rotatable bonds is 6. The number of fused-ring (bicyclic) bond motifs is 1. The molecule has 0 spiro atoms. The molecule has 2 aromatic heterocycles. The molecule has 0 saturated heterocycles. The van der Waals surface area contributed by atoms with Gasteiger partial charge in [0.15, 0.2) is 0 Å². The van der Waals surface area contributed by atoms with E-state index in [0.717, 1.165) is 11.3 Å². The molecule has 0 fully saturated rings. The number of ether oxygens (including phenoxy) is 1. The smallest absolute Gasteiger partial charge is 0.348 e. The summed E-state index contributed by atoms with van der Waals surface area (Å²) in [6.45, 7) is 7.07. The van der Waals surface area contributed by atoms with Gasteiger partial charge in [-0.15, -0.1) is 11.3 Å². The summed E-state index contributed by atoms with van der Waals surface area (Å²) >= 11 is 1.13. The molecule has 1 unspecified atom stereocenters. The number of anilines is 1. The van der Waals surface area contributed by atoms with Crippen LogP contribution in [0.3, 0.4) is 0 Å². The number of amides is 1. The van der Waals surface area contributed by atoms with Gasteiger partial charge in [0, 0.05) is 5.69 Å². The summed E-state index contributed by atoms with van der Waals surface area (Å²) in [5, 5.41) is 3.17. The topological polar surface area (TPSA) is 90.3 Å². The largest absolute Gasteiger partial charge is 0.459 e. The number of aryl methyl sites for hydroxylation is 1. The van der Waals surface area contributed by atoms with Gasteiger partial charge in [-0.05, 0) is 44.9 Å². The van der Waals surface area contributed by atoms with Crippen molar-refractivity contribution >= 4 is 39.1 Å². The van der Waals surface area contributed by atoms with Crippen LogP contribution >= 0.6 is 11.3 Å². The number of aromatic nitrogens is 2. The lowest BCUT2D eigenvalue weighted by molar-refractivity contribution is -0.119. The first-order chi connectivity index (χ1) is 13.8. The van der Waals surface area contributed by atoms with Crippen molar-refractivity contribution in [3.05, 3.63) is 57.5 Å². The summed E-state index contributed by atoms with van der Waals surface area (Å²) in [6.07, 6.45) is 1.52. The summed E-state index contributed by atoms with van der Waals surface area (Å²) < 4.78 is 6.59. The third-order valence-electron chi connectivity index (χ3n) is 4.47. The molecule has 3 rings (SSSR count). The highest BCUT2D eigenvalue weighted by molar-refractivity contribution is 7.20. The Hall–Kier alpha value is -3.00. The summed E-state index contributed by atoms with van der Waals surface area (Å²) in [4.78, 5) is 43.4. The standard InChI is InChI=1S/C21H23N3O4S/c1-5-15(18(25)23-14-9-7-6-8-10-14)24-11-22-19-16(20(24)26)13(4)17(29-19)21(27)28-12(2)3/h6-12,15H,5H2,1-4H3,(H,23,25). The molecule has 0 aliphatic heterocycles. The molecule has 29 heavy (non-hydrogen) atoms. The Morgan fingerprint density at radius 2 is 1.93 bits per heavy atom. The van der Waals surface area contributed by atoms with Gasteiger partial charge >= 0.3 is 5.97 Å². The van der Waals surface area contributed by atoms with Gasteiger partial charge in [-0.25, -0.2) is 9.78 Å². The predicted molar refractivity (Wildman–Crippen MR) is 114 cm³/mol. The molecule has 1 atom stereocenters. The molecule has 1 N–H and O–H groups in total.